The van der Waals surface area contributed by atoms with Crippen LogP contribution in [0.2, 0.25) is 0 Å². The van der Waals surface area contributed by atoms with Crippen molar-refractivity contribution in [3.05, 3.63) is 70.7 Å². The number of carboxylic acid groups (broad SMARTS) is 1. The molecule has 0 saturated heterocycles. The smallest absolute Gasteiger partial charge is 0.377 e. The number of fused-ring (bicyclic) bond motifs is 3. The fourth-order valence-electron chi connectivity index (χ4n) is 4.22. The normalized spacial score (nSPS) is 14.1. The summed E-state index contributed by atoms with van der Waals surface area (Å²) in [6.07, 6.45) is 2.60. The highest BCUT2D eigenvalue weighted by molar-refractivity contribution is 6.40. The Hall–Kier alpha value is -3.48. The molecule has 2 aromatic carbocycles. The zero-order valence-electron chi connectivity index (χ0n) is 17.2. The van der Waals surface area contributed by atoms with Crippen LogP contribution >= 0.6 is 0 Å². The second-order valence-electron chi connectivity index (χ2n) is 7.99. The van der Waals surface area contributed by atoms with Crippen molar-refractivity contribution in [1.29, 1.82) is 0 Å². The minimum absolute atomic E-state index is 0.0541. The minimum Gasteiger partial charge on any atom is -0.475 e. The summed E-state index contributed by atoms with van der Waals surface area (Å²) in [4.78, 5) is 40.9. The second-order valence-corrected chi connectivity index (χ2v) is 7.99. The number of Topliss-reactive ketones (excluding diaryl/α,β-unsaturated/α-hetero) is 1. The van der Waals surface area contributed by atoms with Gasteiger partial charge in [-0.1, -0.05) is 25.5 Å². The van der Waals surface area contributed by atoms with E-state index in [2.05, 4.69) is 11.9 Å². The van der Waals surface area contributed by atoms with E-state index in [9.17, 15) is 18.8 Å². The predicted octanol–water partition coefficient (Wildman–Crippen LogP) is 4.19. The standard InChI is InChI=1S/C24H23FN2O4/c1-2-14(11-15-3-6-17(25)7-4-15)9-10-27-13-20-21(23(27)29)18-12-16(22(28)24(30)31)5-8-19(18)26-20/h3-8,12,14,26H,2,9-11,13H2,1H3,(H,30,31). The van der Waals surface area contributed by atoms with Gasteiger partial charge in [0.05, 0.1) is 12.1 Å². The third kappa shape index (κ3) is 4.08. The molecule has 0 spiro atoms. The van der Waals surface area contributed by atoms with E-state index in [-0.39, 0.29) is 17.3 Å². The number of carboxylic acids is 1. The van der Waals surface area contributed by atoms with E-state index in [1.165, 1.54) is 24.3 Å². The van der Waals surface area contributed by atoms with Crippen LogP contribution in [-0.2, 0) is 17.8 Å². The van der Waals surface area contributed by atoms with Gasteiger partial charge < -0.3 is 15.0 Å². The van der Waals surface area contributed by atoms with Gasteiger partial charge in [0.2, 0.25) is 0 Å². The Bertz CT molecular complexity index is 1170. The van der Waals surface area contributed by atoms with Crippen LogP contribution in [0.25, 0.3) is 10.9 Å². The van der Waals surface area contributed by atoms with E-state index in [0.717, 1.165) is 30.5 Å². The number of nitrogens with one attached hydrogen (secondary N) is 1. The van der Waals surface area contributed by atoms with Crippen molar-refractivity contribution in [2.24, 2.45) is 5.92 Å². The van der Waals surface area contributed by atoms with Crippen LogP contribution in [0.1, 0.15) is 51.7 Å². The van der Waals surface area contributed by atoms with Crippen LogP contribution < -0.4 is 0 Å². The highest BCUT2D eigenvalue weighted by atomic mass is 19.1. The molecule has 0 aliphatic carbocycles. The van der Waals surface area contributed by atoms with E-state index in [0.29, 0.717) is 35.5 Å². The first-order chi connectivity index (χ1) is 14.9. The number of hydrogen-bond donors (Lipinski definition) is 2. The summed E-state index contributed by atoms with van der Waals surface area (Å²) in [6.45, 7) is 3.16. The Balaban J connectivity index is 1.47. The van der Waals surface area contributed by atoms with Gasteiger partial charge in [0.1, 0.15) is 5.82 Å². The molecule has 0 bridgehead atoms. The number of benzene rings is 2. The SMILES string of the molecule is CCC(CCN1Cc2[nH]c3ccc(C(=O)C(=O)O)cc3c2C1=O)Cc1ccc(F)cc1. The van der Waals surface area contributed by atoms with Crippen LogP contribution in [0.15, 0.2) is 42.5 Å². The van der Waals surface area contributed by atoms with Crippen molar-refractivity contribution in [3.8, 4) is 0 Å². The van der Waals surface area contributed by atoms with E-state index in [1.54, 1.807) is 23.1 Å². The van der Waals surface area contributed by atoms with Gasteiger partial charge in [-0.05, 0) is 54.7 Å². The molecule has 1 aromatic heterocycles. The van der Waals surface area contributed by atoms with Crippen LogP contribution in [0.3, 0.4) is 0 Å². The Labute approximate surface area is 178 Å². The van der Waals surface area contributed by atoms with E-state index in [1.807, 2.05) is 0 Å². The van der Waals surface area contributed by atoms with Crippen LogP contribution in [0.5, 0.6) is 0 Å². The first kappa shape index (κ1) is 20.8. The number of rotatable bonds is 8. The molecule has 0 radical (unpaired) electrons. The second kappa shape index (κ2) is 8.34. The number of halogens is 1. The lowest BCUT2D eigenvalue weighted by Crippen LogP contribution is -2.27. The lowest BCUT2D eigenvalue weighted by molar-refractivity contribution is -0.131. The topological polar surface area (TPSA) is 90.5 Å². The van der Waals surface area contributed by atoms with Gasteiger partial charge in [0.15, 0.2) is 0 Å². The number of nitrogens with zero attached hydrogens (tertiary/aromatic N) is 1. The fraction of sp³-hybridized carbons (Fsp3) is 0.292. The van der Waals surface area contributed by atoms with Crippen molar-refractivity contribution in [2.75, 3.05) is 6.54 Å². The maximum absolute atomic E-state index is 13.1. The van der Waals surface area contributed by atoms with Crippen molar-refractivity contribution < 1.29 is 23.9 Å². The number of ketones is 1. The monoisotopic (exact) mass is 422 g/mol. The molecule has 0 fully saturated rings. The van der Waals surface area contributed by atoms with Gasteiger partial charge >= 0.3 is 5.97 Å². The summed E-state index contributed by atoms with van der Waals surface area (Å²) in [7, 11) is 0. The maximum Gasteiger partial charge on any atom is 0.377 e. The molecule has 1 amide bonds. The lowest BCUT2D eigenvalue weighted by Gasteiger charge is -2.21. The minimum atomic E-state index is -1.52. The summed E-state index contributed by atoms with van der Waals surface area (Å²) in [6, 6.07) is 11.1. The number of hydrogen-bond acceptors (Lipinski definition) is 3. The Morgan fingerprint density at radius 1 is 1.19 bits per heavy atom. The van der Waals surface area contributed by atoms with Crippen LogP contribution in [-0.4, -0.2) is 39.2 Å². The predicted molar refractivity (Wildman–Crippen MR) is 114 cm³/mol. The molecule has 1 aliphatic rings. The Morgan fingerprint density at radius 2 is 1.94 bits per heavy atom. The van der Waals surface area contributed by atoms with Gasteiger partial charge in [-0.25, -0.2) is 9.18 Å². The molecular weight excluding hydrogens is 399 g/mol. The van der Waals surface area contributed by atoms with E-state index in [4.69, 9.17) is 5.11 Å². The van der Waals surface area contributed by atoms with Gasteiger partial charge in [-0.2, -0.15) is 0 Å². The third-order valence-electron chi connectivity index (χ3n) is 6.00. The van der Waals surface area contributed by atoms with Crippen molar-refractivity contribution in [3.63, 3.8) is 0 Å². The first-order valence-corrected chi connectivity index (χ1v) is 10.3. The van der Waals surface area contributed by atoms with Gasteiger partial charge in [0, 0.05) is 28.7 Å². The van der Waals surface area contributed by atoms with Gasteiger partial charge in [-0.3, -0.25) is 9.59 Å². The molecule has 4 rings (SSSR count). The molecule has 31 heavy (non-hydrogen) atoms. The molecule has 0 saturated carbocycles. The summed E-state index contributed by atoms with van der Waals surface area (Å²) in [5.41, 5.74) is 3.14. The Morgan fingerprint density at radius 3 is 2.61 bits per heavy atom. The van der Waals surface area contributed by atoms with Crippen molar-refractivity contribution in [1.82, 2.24) is 9.88 Å². The molecule has 1 unspecified atom stereocenters. The molecular formula is C24H23FN2O4. The molecule has 6 nitrogen and oxygen atoms in total. The molecule has 160 valence electrons. The van der Waals surface area contributed by atoms with E-state index < -0.39 is 11.8 Å². The molecule has 1 aliphatic heterocycles. The van der Waals surface area contributed by atoms with Gasteiger partial charge in [0.25, 0.3) is 11.7 Å². The third-order valence-corrected chi connectivity index (χ3v) is 6.00. The number of aliphatic carboxylic acids is 1. The average Bonchev–Trinajstić information content (AvgIpc) is 3.27. The van der Waals surface area contributed by atoms with Crippen molar-refractivity contribution >= 4 is 28.6 Å². The molecule has 3 aromatic rings. The number of aromatic nitrogens is 1. The van der Waals surface area contributed by atoms with Crippen LogP contribution in [0.4, 0.5) is 4.39 Å². The highest BCUT2D eigenvalue weighted by Gasteiger charge is 2.32. The highest BCUT2D eigenvalue weighted by Crippen LogP contribution is 2.32. The number of H-pyrrole nitrogens is 1. The summed E-state index contributed by atoms with van der Waals surface area (Å²) < 4.78 is 13.1. The zero-order chi connectivity index (χ0) is 22.1. The largest absolute Gasteiger partial charge is 0.475 e. The number of carbonyl (C=O) groups excluding carboxylic acids is 2. The van der Waals surface area contributed by atoms with Crippen LogP contribution in [0, 0.1) is 11.7 Å². The maximum atomic E-state index is 13.1. The summed E-state index contributed by atoms with van der Waals surface area (Å²) >= 11 is 0. The molecule has 2 N–H and O–H groups in total. The number of carbonyl (C=O) groups is 3. The number of amides is 1. The average molecular weight is 422 g/mol. The molecule has 2 heterocycles. The Kier molecular flexibility index (Phi) is 5.59. The van der Waals surface area contributed by atoms with E-state index >= 15 is 0 Å². The quantitative estimate of drug-likeness (QED) is 0.421. The summed E-state index contributed by atoms with van der Waals surface area (Å²) in [5.74, 6) is -2.51. The lowest BCUT2D eigenvalue weighted by atomic mass is 9.93. The number of aromatic amines is 1. The van der Waals surface area contributed by atoms with Gasteiger partial charge in [-0.15, -0.1) is 0 Å². The fourth-order valence-corrected chi connectivity index (χ4v) is 4.22. The zero-order valence-corrected chi connectivity index (χ0v) is 17.2. The molecule has 1 atom stereocenters. The first-order valence-electron chi connectivity index (χ1n) is 10.3. The van der Waals surface area contributed by atoms with Crippen molar-refractivity contribution in [2.45, 2.75) is 32.7 Å². The summed E-state index contributed by atoms with van der Waals surface area (Å²) in [5, 5.41) is 9.54. The molecule has 7 heteroatoms.